The molecule has 0 aliphatic heterocycles. The number of aromatic nitrogens is 1. The molecule has 16 nitrogen and oxygen atoms in total. The Kier molecular flexibility index (Phi) is 38.2. The maximum Gasteiger partial charge on any atom is 0.311 e. The van der Waals surface area contributed by atoms with Gasteiger partial charge in [-0.2, -0.15) is 0 Å². The first kappa shape index (κ1) is 61.9. The number of carbonyl (C=O) groups is 3. The fourth-order valence-corrected chi connectivity index (χ4v) is 8.40. The van der Waals surface area contributed by atoms with E-state index in [1.54, 1.807) is 51.8 Å². The predicted octanol–water partition coefficient (Wildman–Crippen LogP) is 7.82. The van der Waals surface area contributed by atoms with Gasteiger partial charge in [-0.05, 0) is 76.3 Å². The molecule has 0 spiro atoms. The van der Waals surface area contributed by atoms with Crippen LogP contribution in [0, 0.1) is 16.2 Å². The molecule has 0 radical (unpaired) electrons. The Morgan fingerprint density at radius 2 is 0.939 bits per heavy atom. The Bertz CT molecular complexity index is 1330. The van der Waals surface area contributed by atoms with Crippen molar-refractivity contribution in [3.63, 3.8) is 0 Å². The van der Waals surface area contributed by atoms with Crippen LogP contribution in [0.2, 0.25) is 0 Å². The standard InChI is InChI=1S/C48H85NO15S2/c1-8-10-11-12-13-16-19-62-45(52)48(6,40-46(3,4)43(50)64-38-39-65-66-42-17-14-15-18-49-42)41-47(5,9-2)44(51)63-37-36-61-35-34-60-33-32-59-31-30-58-29-28-57-27-26-56-25-24-55-23-22-54-21-20-53-7/h14-15,17-18H,8-13,16,19-41H2,1-7H3. The van der Waals surface area contributed by atoms with Crippen LogP contribution in [-0.2, 0) is 71.2 Å². The topological polar surface area (TPSA) is 175 Å². The van der Waals surface area contributed by atoms with Crippen LogP contribution in [-0.4, -0.2) is 168 Å². The number of ether oxygens (including phenoxy) is 12. The van der Waals surface area contributed by atoms with E-state index in [0.717, 1.165) is 37.1 Å². The Hall–Kier alpha value is -2.10. The van der Waals surface area contributed by atoms with Crippen LogP contribution in [0.3, 0.4) is 0 Å². The van der Waals surface area contributed by atoms with Crippen molar-refractivity contribution in [1.82, 2.24) is 4.98 Å². The summed E-state index contributed by atoms with van der Waals surface area (Å²) in [6.45, 7) is 19.5. The number of esters is 3. The second-order valence-electron chi connectivity index (χ2n) is 16.9. The first-order valence-electron chi connectivity index (χ1n) is 23.8. The molecule has 1 aromatic heterocycles. The number of hydrogen-bond donors (Lipinski definition) is 0. The molecule has 1 rings (SSSR count). The molecule has 0 aliphatic carbocycles. The van der Waals surface area contributed by atoms with Crippen LogP contribution in [0.4, 0.5) is 0 Å². The smallest absolute Gasteiger partial charge is 0.311 e. The van der Waals surface area contributed by atoms with Gasteiger partial charge < -0.3 is 56.8 Å². The number of unbranched alkanes of at least 4 members (excludes halogenated alkanes) is 5. The largest absolute Gasteiger partial charge is 0.465 e. The fourth-order valence-electron chi connectivity index (χ4n) is 6.69. The molecule has 0 aromatic carbocycles. The number of methoxy groups -OCH3 is 1. The normalized spacial score (nSPS) is 13.6. The second kappa shape index (κ2) is 40.8. The zero-order valence-corrected chi connectivity index (χ0v) is 43.0. The molecule has 0 amide bonds. The molecule has 66 heavy (non-hydrogen) atoms. The van der Waals surface area contributed by atoms with Gasteiger partial charge in [0.25, 0.3) is 0 Å². The van der Waals surface area contributed by atoms with Crippen molar-refractivity contribution in [3.8, 4) is 0 Å². The van der Waals surface area contributed by atoms with E-state index in [1.807, 2.05) is 25.1 Å². The minimum absolute atomic E-state index is 0.0481. The van der Waals surface area contributed by atoms with E-state index < -0.39 is 34.2 Å². The van der Waals surface area contributed by atoms with Crippen LogP contribution >= 0.6 is 21.6 Å². The molecule has 0 N–H and O–H groups in total. The summed E-state index contributed by atoms with van der Waals surface area (Å²) >= 11 is 0. The lowest BCUT2D eigenvalue weighted by atomic mass is 9.65. The fraction of sp³-hybridized carbons (Fsp3) is 0.833. The molecule has 0 saturated heterocycles. The highest BCUT2D eigenvalue weighted by molar-refractivity contribution is 8.76. The monoisotopic (exact) mass is 980 g/mol. The third-order valence-corrected chi connectivity index (χ3v) is 12.6. The van der Waals surface area contributed by atoms with Gasteiger partial charge in [-0.3, -0.25) is 14.4 Å². The predicted molar refractivity (Wildman–Crippen MR) is 257 cm³/mol. The summed E-state index contributed by atoms with van der Waals surface area (Å²) in [5, 5.41) is 0.879. The van der Waals surface area contributed by atoms with Crippen LogP contribution in [0.1, 0.15) is 99.3 Å². The van der Waals surface area contributed by atoms with Crippen molar-refractivity contribution in [2.45, 2.75) is 104 Å². The first-order valence-corrected chi connectivity index (χ1v) is 26.1. The molecule has 2 unspecified atom stereocenters. The minimum Gasteiger partial charge on any atom is -0.465 e. The lowest BCUT2D eigenvalue weighted by molar-refractivity contribution is -0.169. The van der Waals surface area contributed by atoms with Gasteiger partial charge in [0, 0.05) is 19.1 Å². The number of carbonyl (C=O) groups excluding carboxylic acids is 3. The molecule has 0 bridgehead atoms. The van der Waals surface area contributed by atoms with Gasteiger partial charge in [-0.1, -0.05) is 62.8 Å². The van der Waals surface area contributed by atoms with E-state index in [4.69, 9.17) is 56.8 Å². The molecule has 18 heteroatoms. The van der Waals surface area contributed by atoms with Gasteiger partial charge in [0.15, 0.2) is 0 Å². The van der Waals surface area contributed by atoms with Gasteiger partial charge in [-0.25, -0.2) is 4.98 Å². The summed E-state index contributed by atoms with van der Waals surface area (Å²) in [6, 6.07) is 5.71. The SMILES string of the molecule is CCCCCCCCOC(=O)C(C)(CC(C)(C)C(=O)OCCSSc1ccccn1)CC(C)(CC)C(=O)OCCOCCOCCOCCOCCOCCOCCOCCOCCOC. The number of hydrogen-bond acceptors (Lipinski definition) is 18. The molecular formula is C48H85NO15S2. The van der Waals surface area contributed by atoms with Crippen LogP contribution in [0.25, 0.3) is 0 Å². The van der Waals surface area contributed by atoms with Crippen molar-refractivity contribution in [3.05, 3.63) is 24.4 Å². The van der Waals surface area contributed by atoms with E-state index in [2.05, 4.69) is 11.9 Å². The Labute approximate surface area is 404 Å². The van der Waals surface area contributed by atoms with Gasteiger partial charge in [0.2, 0.25) is 0 Å². The van der Waals surface area contributed by atoms with Gasteiger partial charge in [0.05, 0.1) is 135 Å². The highest BCUT2D eigenvalue weighted by Gasteiger charge is 2.50. The van der Waals surface area contributed by atoms with E-state index in [-0.39, 0.29) is 39.3 Å². The van der Waals surface area contributed by atoms with Crippen molar-refractivity contribution in [2.24, 2.45) is 16.2 Å². The summed E-state index contributed by atoms with van der Waals surface area (Å²) in [7, 11) is 4.71. The average Bonchev–Trinajstić information content (AvgIpc) is 3.30. The average molecular weight is 980 g/mol. The summed E-state index contributed by atoms with van der Waals surface area (Å²) < 4.78 is 66.2. The Balaban J connectivity index is 2.35. The van der Waals surface area contributed by atoms with Gasteiger partial charge in [-0.15, -0.1) is 0 Å². The molecule has 384 valence electrons. The van der Waals surface area contributed by atoms with E-state index in [9.17, 15) is 14.4 Å². The molecule has 1 heterocycles. The molecule has 1 aromatic rings. The summed E-state index contributed by atoms with van der Waals surface area (Å²) in [4.78, 5) is 45.3. The Morgan fingerprint density at radius 1 is 0.500 bits per heavy atom. The lowest BCUT2D eigenvalue weighted by Gasteiger charge is -2.39. The maximum atomic E-state index is 13.9. The molecule has 0 fully saturated rings. The van der Waals surface area contributed by atoms with Crippen molar-refractivity contribution in [1.29, 1.82) is 0 Å². The number of rotatable bonds is 47. The Morgan fingerprint density at radius 3 is 1.41 bits per heavy atom. The van der Waals surface area contributed by atoms with E-state index in [0.29, 0.717) is 118 Å². The van der Waals surface area contributed by atoms with Crippen LogP contribution in [0.15, 0.2) is 29.4 Å². The first-order chi connectivity index (χ1) is 31.9. The lowest BCUT2D eigenvalue weighted by Crippen LogP contribution is -2.44. The van der Waals surface area contributed by atoms with Crippen LogP contribution < -0.4 is 0 Å². The third kappa shape index (κ3) is 31.9. The number of nitrogens with zero attached hydrogens (tertiary/aromatic N) is 1. The quantitative estimate of drug-likeness (QED) is 0.0267. The third-order valence-electron chi connectivity index (χ3n) is 10.3. The van der Waals surface area contributed by atoms with Crippen molar-refractivity contribution < 1.29 is 71.2 Å². The van der Waals surface area contributed by atoms with E-state index >= 15 is 0 Å². The molecule has 0 saturated carbocycles. The summed E-state index contributed by atoms with van der Waals surface area (Å²) in [5.74, 6) is -0.698. The summed E-state index contributed by atoms with van der Waals surface area (Å²) in [6.07, 6.45) is 8.75. The van der Waals surface area contributed by atoms with Gasteiger partial charge in [0.1, 0.15) is 18.2 Å². The summed E-state index contributed by atoms with van der Waals surface area (Å²) in [5.41, 5.74) is -3.23. The zero-order chi connectivity index (χ0) is 48.5. The molecule has 2 atom stereocenters. The van der Waals surface area contributed by atoms with Crippen molar-refractivity contribution in [2.75, 3.05) is 145 Å². The minimum atomic E-state index is -1.17. The van der Waals surface area contributed by atoms with Crippen LogP contribution in [0.5, 0.6) is 0 Å². The molecule has 0 aliphatic rings. The highest BCUT2D eigenvalue weighted by Crippen LogP contribution is 2.46. The van der Waals surface area contributed by atoms with Gasteiger partial charge >= 0.3 is 17.9 Å². The van der Waals surface area contributed by atoms with E-state index in [1.165, 1.54) is 17.2 Å². The maximum absolute atomic E-state index is 13.9. The number of pyridine rings is 1. The second-order valence-corrected chi connectivity index (χ2v) is 19.3. The zero-order valence-electron chi connectivity index (χ0n) is 41.4. The molecular weight excluding hydrogens is 895 g/mol. The highest BCUT2D eigenvalue weighted by atomic mass is 33.1. The van der Waals surface area contributed by atoms with Crippen molar-refractivity contribution >= 4 is 39.5 Å².